The molecule has 1 atom stereocenters. The fourth-order valence-corrected chi connectivity index (χ4v) is 3.91. The number of fused-ring (bicyclic) bond motifs is 1. The summed E-state index contributed by atoms with van der Waals surface area (Å²) >= 11 is 0. The summed E-state index contributed by atoms with van der Waals surface area (Å²) in [7, 11) is 0. The number of benzene rings is 1. The van der Waals surface area contributed by atoms with Crippen molar-refractivity contribution >= 4 is 29.3 Å². The zero-order chi connectivity index (χ0) is 22.7. The third-order valence-corrected chi connectivity index (χ3v) is 5.60. The molecule has 10 heteroatoms. The Morgan fingerprint density at radius 1 is 1.06 bits per heavy atom. The van der Waals surface area contributed by atoms with E-state index in [0.717, 1.165) is 10.6 Å². The Hall–Kier alpha value is -3.26. The van der Waals surface area contributed by atoms with Crippen molar-refractivity contribution in [3.63, 3.8) is 0 Å². The summed E-state index contributed by atoms with van der Waals surface area (Å²) in [5.41, 5.74) is 1.32. The molecular formula is C22H23N3O7. The number of rotatable bonds is 7. The molecule has 3 heterocycles. The van der Waals surface area contributed by atoms with Crippen LogP contribution in [-0.2, 0) is 19.1 Å². The molecule has 2 fully saturated rings. The van der Waals surface area contributed by atoms with Crippen molar-refractivity contribution in [3.05, 3.63) is 29.3 Å². The Labute approximate surface area is 184 Å². The van der Waals surface area contributed by atoms with E-state index in [-0.39, 0.29) is 43.3 Å². The first-order valence-corrected chi connectivity index (χ1v) is 10.4. The molecule has 0 aromatic heterocycles. The lowest BCUT2D eigenvalue weighted by molar-refractivity contribution is -0.136. The summed E-state index contributed by atoms with van der Waals surface area (Å²) in [4.78, 5) is 52.2. The number of nitrogens with one attached hydrogen (secondary N) is 1. The highest BCUT2D eigenvalue weighted by Gasteiger charge is 2.45. The standard InChI is InChI=1S/C22H23N3O7/c26-7-1-2-8-31-9-10-32-15-12-24(13-15)14-3-4-16-17(11-14)22(30)25(21(16)29)18-5-6-19(27)23-20(18)28/h3-4,11,15,18,26H,5-10,12-13H2,(H,23,27,28). The van der Waals surface area contributed by atoms with Gasteiger partial charge in [0.05, 0.1) is 30.4 Å². The minimum atomic E-state index is -0.970. The van der Waals surface area contributed by atoms with Crippen LogP contribution in [0.1, 0.15) is 33.6 Å². The summed E-state index contributed by atoms with van der Waals surface area (Å²) in [6, 6.07) is 4.08. The highest BCUT2D eigenvalue weighted by molar-refractivity contribution is 6.23. The maximum atomic E-state index is 12.9. The first kappa shape index (κ1) is 22.0. The van der Waals surface area contributed by atoms with Crippen LogP contribution in [0.3, 0.4) is 0 Å². The van der Waals surface area contributed by atoms with Crippen molar-refractivity contribution in [2.24, 2.45) is 0 Å². The lowest BCUT2D eigenvalue weighted by Crippen LogP contribution is -2.54. The van der Waals surface area contributed by atoms with Crippen molar-refractivity contribution < 1.29 is 33.8 Å². The van der Waals surface area contributed by atoms with Crippen LogP contribution in [0.5, 0.6) is 0 Å². The van der Waals surface area contributed by atoms with Gasteiger partial charge in [0, 0.05) is 25.2 Å². The molecule has 3 aliphatic heterocycles. The lowest BCUT2D eigenvalue weighted by Gasteiger charge is -2.40. The van der Waals surface area contributed by atoms with Gasteiger partial charge in [-0.3, -0.25) is 29.4 Å². The average Bonchev–Trinajstić information content (AvgIpc) is 2.99. The maximum Gasteiger partial charge on any atom is 0.262 e. The summed E-state index contributed by atoms with van der Waals surface area (Å²) in [6.45, 7) is 2.18. The number of carbonyl (C=O) groups is 4. The Kier molecular flexibility index (Phi) is 6.50. The molecule has 168 valence electrons. The third-order valence-electron chi connectivity index (χ3n) is 5.60. The minimum absolute atomic E-state index is 0.0349. The molecule has 3 aliphatic rings. The topological polar surface area (TPSA) is 125 Å². The van der Waals surface area contributed by atoms with Crippen molar-refractivity contribution in [3.8, 4) is 11.8 Å². The molecule has 1 aromatic rings. The van der Waals surface area contributed by atoms with E-state index in [2.05, 4.69) is 17.2 Å². The molecule has 0 bridgehead atoms. The monoisotopic (exact) mass is 441 g/mol. The van der Waals surface area contributed by atoms with E-state index < -0.39 is 29.7 Å². The molecule has 4 rings (SSSR count). The second-order valence-electron chi connectivity index (χ2n) is 7.64. The van der Waals surface area contributed by atoms with E-state index >= 15 is 0 Å². The number of aliphatic hydroxyl groups excluding tert-OH is 1. The van der Waals surface area contributed by atoms with Crippen molar-refractivity contribution in [1.82, 2.24) is 10.2 Å². The molecule has 0 spiro atoms. The number of nitrogens with zero attached hydrogens (tertiary/aromatic N) is 2. The first-order valence-electron chi connectivity index (χ1n) is 10.4. The van der Waals surface area contributed by atoms with E-state index in [0.29, 0.717) is 26.3 Å². The van der Waals surface area contributed by atoms with E-state index in [1.807, 2.05) is 4.90 Å². The van der Waals surface area contributed by atoms with Crippen molar-refractivity contribution in [1.29, 1.82) is 0 Å². The lowest BCUT2D eigenvalue weighted by atomic mass is 10.0. The average molecular weight is 441 g/mol. The van der Waals surface area contributed by atoms with Crippen LogP contribution >= 0.6 is 0 Å². The molecule has 32 heavy (non-hydrogen) atoms. The van der Waals surface area contributed by atoms with Crippen LogP contribution in [0.4, 0.5) is 5.69 Å². The summed E-state index contributed by atoms with van der Waals surface area (Å²) in [5, 5.41) is 10.7. The van der Waals surface area contributed by atoms with Gasteiger partial charge in [0.2, 0.25) is 11.8 Å². The van der Waals surface area contributed by atoms with Gasteiger partial charge in [-0.15, -0.1) is 0 Å². The predicted octanol–water partition coefficient (Wildman–Crippen LogP) is -0.695. The SMILES string of the molecule is O=C1CCC(N2C(=O)c3ccc(N4CC(OCCOCC#CCO)C4)cc3C2=O)C(=O)N1. The maximum absolute atomic E-state index is 12.9. The second-order valence-corrected chi connectivity index (χ2v) is 7.64. The summed E-state index contributed by atoms with van der Waals surface area (Å²) in [5.74, 6) is 3.10. The Balaban J connectivity index is 1.31. The van der Waals surface area contributed by atoms with Crippen LogP contribution in [0, 0.1) is 11.8 Å². The smallest absolute Gasteiger partial charge is 0.262 e. The number of ether oxygens (including phenoxy) is 2. The van der Waals surface area contributed by atoms with Crippen molar-refractivity contribution in [2.45, 2.75) is 25.0 Å². The van der Waals surface area contributed by atoms with Crippen molar-refractivity contribution in [2.75, 3.05) is 44.4 Å². The second kappa shape index (κ2) is 9.48. The Morgan fingerprint density at radius 3 is 2.59 bits per heavy atom. The number of imide groups is 2. The van der Waals surface area contributed by atoms with Gasteiger partial charge >= 0.3 is 0 Å². The van der Waals surface area contributed by atoms with Gasteiger partial charge in [-0.25, -0.2) is 0 Å². The van der Waals surface area contributed by atoms with Crippen LogP contribution in [0.25, 0.3) is 0 Å². The zero-order valence-electron chi connectivity index (χ0n) is 17.3. The molecule has 1 aromatic carbocycles. The predicted molar refractivity (Wildman–Crippen MR) is 111 cm³/mol. The largest absolute Gasteiger partial charge is 0.384 e. The van der Waals surface area contributed by atoms with Gasteiger partial charge in [-0.05, 0) is 24.6 Å². The highest BCUT2D eigenvalue weighted by atomic mass is 16.5. The summed E-state index contributed by atoms with van der Waals surface area (Å²) < 4.78 is 11.0. The molecule has 10 nitrogen and oxygen atoms in total. The van der Waals surface area contributed by atoms with Gasteiger partial charge in [0.1, 0.15) is 19.3 Å². The van der Waals surface area contributed by atoms with Crippen LogP contribution < -0.4 is 10.2 Å². The van der Waals surface area contributed by atoms with Gasteiger partial charge in [0.25, 0.3) is 11.8 Å². The van der Waals surface area contributed by atoms with Gasteiger partial charge in [-0.2, -0.15) is 0 Å². The minimum Gasteiger partial charge on any atom is -0.384 e. The number of carbonyl (C=O) groups excluding carboxylic acids is 4. The number of hydrogen-bond donors (Lipinski definition) is 2. The third kappa shape index (κ3) is 4.36. The zero-order valence-corrected chi connectivity index (χ0v) is 17.3. The molecular weight excluding hydrogens is 418 g/mol. The molecule has 4 amide bonds. The number of hydrogen-bond acceptors (Lipinski definition) is 8. The van der Waals surface area contributed by atoms with Crippen LogP contribution in [-0.4, -0.2) is 85.3 Å². The van der Waals surface area contributed by atoms with Crippen LogP contribution in [0.2, 0.25) is 0 Å². The molecule has 0 radical (unpaired) electrons. The molecule has 0 aliphatic carbocycles. The number of piperidine rings is 1. The molecule has 2 saturated heterocycles. The molecule has 2 N–H and O–H groups in total. The van der Waals surface area contributed by atoms with E-state index in [9.17, 15) is 19.2 Å². The fraction of sp³-hybridized carbons (Fsp3) is 0.455. The van der Waals surface area contributed by atoms with Gasteiger partial charge in [-0.1, -0.05) is 11.8 Å². The van der Waals surface area contributed by atoms with Gasteiger partial charge in [0.15, 0.2) is 0 Å². The highest BCUT2D eigenvalue weighted by Crippen LogP contribution is 2.32. The van der Waals surface area contributed by atoms with E-state index in [1.54, 1.807) is 18.2 Å². The fourth-order valence-electron chi connectivity index (χ4n) is 3.91. The number of aliphatic hydroxyl groups is 1. The summed E-state index contributed by atoms with van der Waals surface area (Å²) in [6.07, 6.45) is 0.254. The molecule has 1 unspecified atom stereocenters. The first-order chi connectivity index (χ1) is 15.5. The van der Waals surface area contributed by atoms with Crippen LogP contribution in [0.15, 0.2) is 18.2 Å². The Morgan fingerprint density at radius 2 is 1.84 bits per heavy atom. The van der Waals surface area contributed by atoms with Gasteiger partial charge < -0.3 is 19.5 Å². The number of anilines is 1. The molecule has 0 saturated carbocycles. The Bertz CT molecular complexity index is 1010. The normalized spacial score (nSPS) is 20.6. The van der Waals surface area contributed by atoms with E-state index in [4.69, 9.17) is 14.6 Å². The quantitative estimate of drug-likeness (QED) is 0.324. The number of amides is 4. The van der Waals surface area contributed by atoms with E-state index in [1.165, 1.54) is 0 Å².